The van der Waals surface area contributed by atoms with Gasteiger partial charge in [-0.15, -0.1) is 6.58 Å². The molecule has 4 nitrogen and oxygen atoms in total. The Morgan fingerprint density at radius 2 is 1.93 bits per heavy atom. The summed E-state index contributed by atoms with van der Waals surface area (Å²) in [5.41, 5.74) is 0. The first kappa shape index (κ1) is 13.6. The molecule has 1 unspecified atom stereocenters. The molecule has 0 saturated heterocycles. The van der Waals surface area contributed by atoms with Crippen LogP contribution in [0.15, 0.2) is 38.0 Å². The standard InChI is InChI=1S/C9H11FO4S/c1-4-7-15(12,13)9(10,6-3)14-8(11)5-2/h4-6H,1-3,7H2. The molecule has 0 aromatic carbocycles. The van der Waals surface area contributed by atoms with Gasteiger partial charge in [0.2, 0.25) is 9.84 Å². The van der Waals surface area contributed by atoms with Gasteiger partial charge in [-0.2, -0.15) is 4.39 Å². The lowest BCUT2D eigenvalue weighted by molar-refractivity contribution is -0.152. The van der Waals surface area contributed by atoms with Gasteiger partial charge < -0.3 is 4.74 Å². The van der Waals surface area contributed by atoms with Crippen LogP contribution in [0.4, 0.5) is 4.39 Å². The highest BCUT2D eigenvalue weighted by atomic mass is 32.2. The van der Waals surface area contributed by atoms with Crippen LogP contribution in [-0.2, 0) is 19.4 Å². The van der Waals surface area contributed by atoms with E-state index in [9.17, 15) is 17.6 Å². The second-order valence-electron chi connectivity index (χ2n) is 2.48. The predicted molar refractivity (Wildman–Crippen MR) is 54.3 cm³/mol. The summed E-state index contributed by atoms with van der Waals surface area (Å²) in [4.78, 5) is 10.7. The van der Waals surface area contributed by atoms with Crippen molar-refractivity contribution in [2.24, 2.45) is 0 Å². The van der Waals surface area contributed by atoms with Crippen LogP contribution in [0.3, 0.4) is 0 Å². The van der Waals surface area contributed by atoms with Gasteiger partial charge >= 0.3 is 11.2 Å². The molecule has 15 heavy (non-hydrogen) atoms. The van der Waals surface area contributed by atoms with Gasteiger partial charge in [0.05, 0.1) is 5.75 Å². The van der Waals surface area contributed by atoms with Crippen LogP contribution in [-0.4, -0.2) is 25.3 Å². The lowest BCUT2D eigenvalue weighted by atomic mass is 10.6. The van der Waals surface area contributed by atoms with E-state index in [4.69, 9.17) is 0 Å². The molecule has 0 aliphatic carbocycles. The van der Waals surface area contributed by atoms with Crippen LogP contribution >= 0.6 is 0 Å². The maximum atomic E-state index is 13.7. The summed E-state index contributed by atoms with van der Waals surface area (Å²) in [7, 11) is -4.32. The molecule has 0 N–H and O–H groups in total. The molecule has 0 radical (unpaired) electrons. The molecule has 0 aliphatic heterocycles. The number of rotatable bonds is 6. The van der Waals surface area contributed by atoms with Crippen molar-refractivity contribution in [1.82, 2.24) is 0 Å². The van der Waals surface area contributed by atoms with Gasteiger partial charge in [-0.05, 0) is 0 Å². The molecule has 0 spiro atoms. The zero-order chi connectivity index (χ0) is 12.1. The van der Waals surface area contributed by atoms with Gasteiger partial charge in [-0.3, -0.25) is 0 Å². The number of hydrogen-bond acceptors (Lipinski definition) is 4. The first-order chi connectivity index (χ1) is 6.83. The minimum atomic E-state index is -4.32. The molecule has 0 bridgehead atoms. The molecule has 84 valence electrons. The monoisotopic (exact) mass is 234 g/mol. The Kier molecular flexibility index (Phi) is 4.41. The van der Waals surface area contributed by atoms with Crippen molar-refractivity contribution >= 4 is 15.8 Å². The molecule has 0 heterocycles. The van der Waals surface area contributed by atoms with Gasteiger partial charge in [0.1, 0.15) is 0 Å². The Morgan fingerprint density at radius 3 is 2.27 bits per heavy atom. The average molecular weight is 234 g/mol. The average Bonchev–Trinajstić information content (AvgIpc) is 2.17. The molecule has 6 heteroatoms. The van der Waals surface area contributed by atoms with Crippen LogP contribution < -0.4 is 0 Å². The number of alkyl halides is 1. The quantitative estimate of drug-likeness (QED) is 0.392. The van der Waals surface area contributed by atoms with E-state index in [0.717, 1.165) is 6.08 Å². The molecular formula is C9H11FO4S. The summed E-state index contributed by atoms with van der Waals surface area (Å²) in [5, 5.41) is -3.24. The summed E-state index contributed by atoms with van der Waals surface area (Å²) in [6.45, 7) is 9.14. The van der Waals surface area contributed by atoms with E-state index in [0.29, 0.717) is 12.2 Å². The van der Waals surface area contributed by atoms with Crippen LogP contribution in [0.25, 0.3) is 0 Å². The van der Waals surface area contributed by atoms with E-state index in [-0.39, 0.29) is 0 Å². The Balaban J connectivity index is 5.17. The lowest BCUT2D eigenvalue weighted by Crippen LogP contribution is -2.37. The minimum Gasteiger partial charge on any atom is -0.408 e. The zero-order valence-electron chi connectivity index (χ0n) is 7.98. The number of sulfone groups is 1. The molecule has 1 atom stereocenters. The van der Waals surface area contributed by atoms with Gasteiger partial charge in [-0.1, -0.05) is 19.2 Å². The normalized spacial score (nSPS) is 14.7. The van der Waals surface area contributed by atoms with Crippen molar-refractivity contribution in [3.8, 4) is 0 Å². The summed E-state index contributed by atoms with van der Waals surface area (Å²) in [5.74, 6) is -1.86. The molecule has 0 aliphatic rings. The summed E-state index contributed by atoms with van der Waals surface area (Å²) < 4.78 is 40.4. The Bertz CT molecular complexity index is 385. The van der Waals surface area contributed by atoms with Crippen molar-refractivity contribution in [1.29, 1.82) is 0 Å². The van der Waals surface area contributed by atoms with Crippen LogP contribution in [0.1, 0.15) is 0 Å². The van der Waals surface area contributed by atoms with Gasteiger partial charge in [0.25, 0.3) is 0 Å². The second-order valence-corrected chi connectivity index (χ2v) is 4.60. The Labute approximate surface area is 87.7 Å². The maximum absolute atomic E-state index is 13.7. The summed E-state index contributed by atoms with van der Waals surface area (Å²) in [6.07, 6.45) is 2.03. The fourth-order valence-electron chi connectivity index (χ4n) is 0.680. The number of carbonyl (C=O) groups excluding carboxylic acids is 1. The van der Waals surface area contributed by atoms with E-state index >= 15 is 0 Å². The van der Waals surface area contributed by atoms with E-state index < -0.39 is 26.7 Å². The van der Waals surface area contributed by atoms with Crippen molar-refractivity contribution in [3.05, 3.63) is 38.0 Å². The number of hydrogen-bond donors (Lipinski definition) is 0. The van der Waals surface area contributed by atoms with Crippen LogP contribution in [0.2, 0.25) is 0 Å². The number of esters is 1. The third kappa shape index (κ3) is 3.02. The van der Waals surface area contributed by atoms with Crippen molar-refractivity contribution < 1.29 is 22.3 Å². The summed E-state index contributed by atoms with van der Waals surface area (Å²) in [6, 6.07) is 0. The summed E-state index contributed by atoms with van der Waals surface area (Å²) >= 11 is 0. The molecule has 0 aromatic heterocycles. The van der Waals surface area contributed by atoms with Crippen molar-refractivity contribution in [3.63, 3.8) is 0 Å². The number of carbonyl (C=O) groups is 1. The first-order valence-corrected chi connectivity index (χ1v) is 5.49. The molecule has 0 aromatic rings. The smallest absolute Gasteiger partial charge is 0.372 e. The highest BCUT2D eigenvalue weighted by Gasteiger charge is 2.44. The van der Waals surface area contributed by atoms with Gasteiger partial charge in [0, 0.05) is 12.2 Å². The largest absolute Gasteiger partial charge is 0.408 e. The second kappa shape index (κ2) is 4.88. The minimum absolute atomic E-state index is 0.396. The number of halogens is 1. The Hall–Kier alpha value is -1.43. The van der Waals surface area contributed by atoms with Crippen molar-refractivity contribution in [2.45, 2.75) is 5.19 Å². The van der Waals surface area contributed by atoms with Crippen LogP contribution in [0.5, 0.6) is 0 Å². The predicted octanol–water partition coefficient (Wildman–Crippen LogP) is 1.13. The maximum Gasteiger partial charge on any atom is 0.372 e. The van der Waals surface area contributed by atoms with E-state index in [1.54, 1.807) is 0 Å². The van der Waals surface area contributed by atoms with E-state index in [2.05, 4.69) is 24.5 Å². The molecule has 0 rings (SSSR count). The van der Waals surface area contributed by atoms with E-state index in [1.165, 1.54) is 0 Å². The molecule has 0 fully saturated rings. The first-order valence-electron chi connectivity index (χ1n) is 3.84. The molecular weight excluding hydrogens is 223 g/mol. The fraction of sp³-hybridized carbons (Fsp3) is 0.222. The van der Waals surface area contributed by atoms with Gasteiger partial charge in [0.15, 0.2) is 0 Å². The third-order valence-electron chi connectivity index (χ3n) is 1.41. The van der Waals surface area contributed by atoms with Crippen molar-refractivity contribution in [2.75, 3.05) is 5.75 Å². The molecule has 0 saturated carbocycles. The fourth-order valence-corrected chi connectivity index (χ4v) is 1.68. The SMILES string of the molecule is C=CCS(=O)(=O)C(F)(C=C)OC(=O)C=C. The van der Waals surface area contributed by atoms with E-state index in [1.807, 2.05) is 0 Å². The topological polar surface area (TPSA) is 60.4 Å². The zero-order valence-corrected chi connectivity index (χ0v) is 8.80. The molecule has 0 amide bonds. The third-order valence-corrected chi connectivity index (χ3v) is 3.18. The lowest BCUT2D eigenvalue weighted by Gasteiger charge is -2.19. The highest BCUT2D eigenvalue weighted by molar-refractivity contribution is 7.92. The highest BCUT2D eigenvalue weighted by Crippen LogP contribution is 2.24. The Morgan fingerprint density at radius 1 is 1.40 bits per heavy atom. The van der Waals surface area contributed by atoms with Crippen LogP contribution in [0, 0.1) is 0 Å². The number of ether oxygens (including phenoxy) is 1. The van der Waals surface area contributed by atoms with Gasteiger partial charge in [-0.25, -0.2) is 13.2 Å².